The molecule has 1 N–H and O–H groups in total. The highest BCUT2D eigenvalue weighted by molar-refractivity contribution is 7.99. The molecule has 0 radical (unpaired) electrons. The van der Waals surface area contributed by atoms with E-state index >= 15 is 0 Å². The molecule has 0 aliphatic carbocycles. The first-order chi connectivity index (χ1) is 8.66. The minimum absolute atomic E-state index is 0.374. The maximum atomic E-state index is 12.6. The van der Waals surface area contributed by atoms with Crippen molar-refractivity contribution < 1.29 is 8.42 Å². The summed E-state index contributed by atoms with van der Waals surface area (Å²) in [6.07, 6.45) is 0.922. The molecular weight excluding hydrogens is 268 g/mol. The zero-order valence-electron chi connectivity index (χ0n) is 10.4. The number of nitrogens with zero attached hydrogens (tertiary/aromatic N) is 1. The number of para-hydroxylation sites is 1. The van der Waals surface area contributed by atoms with Crippen molar-refractivity contribution in [3.8, 4) is 0 Å². The third-order valence-corrected chi connectivity index (χ3v) is 5.96. The molecule has 0 unspecified atom stereocenters. The van der Waals surface area contributed by atoms with Gasteiger partial charge in [0.25, 0.3) is 0 Å². The van der Waals surface area contributed by atoms with Gasteiger partial charge in [-0.15, -0.1) is 0 Å². The van der Waals surface area contributed by atoms with Crippen LogP contribution in [-0.2, 0) is 10.0 Å². The van der Waals surface area contributed by atoms with Gasteiger partial charge >= 0.3 is 0 Å². The Bertz CT molecular complexity index is 495. The fourth-order valence-corrected chi connectivity index (χ4v) is 4.68. The summed E-state index contributed by atoms with van der Waals surface area (Å²) >= 11 is 1.82. The molecule has 1 aliphatic rings. The second-order valence-electron chi connectivity index (χ2n) is 4.12. The van der Waals surface area contributed by atoms with Crippen molar-refractivity contribution >= 4 is 27.5 Å². The van der Waals surface area contributed by atoms with Gasteiger partial charge in [0, 0.05) is 25.9 Å². The van der Waals surface area contributed by atoms with Crippen LogP contribution in [0.25, 0.3) is 0 Å². The van der Waals surface area contributed by atoms with Crippen LogP contribution >= 0.6 is 11.8 Å². The Morgan fingerprint density at radius 1 is 1.22 bits per heavy atom. The van der Waals surface area contributed by atoms with Crippen molar-refractivity contribution in [1.82, 2.24) is 4.31 Å². The summed E-state index contributed by atoms with van der Waals surface area (Å²) in [5.41, 5.74) is 0.661. The zero-order valence-corrected chi connectivity index (χ0v) is 12.1. The highest BCUT2D eigenvalue weighted by Crippen LogP contribution is 2.25. The van der Waals surface area contributed by atoms with Crippen LogP contribution in [0.1, 0.15) is 6.42 Å². The monoisotopic (exact) mass is 286 g/mol. The minimum Gasteiger partial charge on any atom is -0.387 e. The molecule has 1 aromatic rings. The Morgan fingerprint density at radius 3 is 2.78 bits per heavy atom. The third kappa shape index (κ3) is 2.81. The van der Waals surface area contributed by atoms with Crippen LogP contribution in [0.15, 0.2) is 29.2 Å². The van der Waals surface area contributed by atoms with E-state index < -0.39 is 10.0 Å². The summed E-state index contributed by atoms with van der Waals surface area (Å²) in [7, 11) is -1.63. The molecule has 0 atom stereocenters. The molecule has 0 bridgehead atoms. The summed E-state index contributed by atoms with van der Waals surface area (Å²) in [6.45, 7) is 1.22. The molecule has 0 saturated carbocycles. The summed E-state index contributed by atoms with van der Waals surface area (Å²) in [6, 6.07) is 7.06. The van der Waals surface area contributed by atoms with Crippen molar-refractivity contribution in [2.45, 2.75) is 11.3 Å². The summed E-state index contributed by atoms with van der Waals surface area (Å²) in [5.74, 6) is 1.92. The van der Waals surface area contributed by atoms with Gasteiger partial charge in [-0.3, -0.25) is 0 Å². The quantitative estimate of drug-likeness (QED) is 0.921. The summed E-state index contributed by atoms with van der Waals surface area (Å²) in [4.78, 5) is 0.374. The van der Waals surface area contributed by atoms with E-state index in [-0.39, 0.29) is 0 Å². The molecule has 1 heterocycles. The standard InChI is InChI=1S/C12H18N2O2S2/c1-13-11-5-2-3-6-12(11)18(15,16)14-7-4-9-17-10-8-14/h2-3,5-6,13H,4,7-10H2,1H3. The maximum absolute atomic E-state index is 12.6. The van der Waals surface area contributed by atoms with Gasteiger partial charge in [0.05, 0.1) is 5.69 Å². The molecule has 1 aliphatic heterocycles. The first kappa shape index (κ1) is 13.7. The Morgan fingerprint density at radius 2 is 2.00 bits per heavy atom. The van der Waals surface area contributed by atoms with E-state index in [2.05, 4.69) is 5.32 Å². The number of thioether (sulfide) groups is 1. The molecule has 2 rings (SSSR count). The van der Waals surface area contributed by atoms with E-state index in [9.17, 15) is 8.42 Å². The van der Waals surface area contributed by atoms with Gasteiger partial charge in [0.15, 0.2) is 0 Å². The van der Waals surface area contributed by atoms with Crippen molar-refractivity contribution in [3.63, 3.8) is 0 Å². The lowest BCUT2D eigenvalue weighted by atomic mass is 10.3. The highest BCUT2D eigenvalue weighted by Gasteiger charge is 2.27. The first-order valence-corrected chi connectivity index (χ1v) is 8.60. The van der Waals surface area contributed by atoms with Gasteiger partial charge in [-0.25, -0.2) is 8.42 Å². The number of nitrogens with one attached hydrogen (secondary N) is 1. The molecule has 1 aromatic carbocycles. The number of hydrogen-bond acceptors (Lipinski definition) is 4. The van der Waals surface area contributed by atoms with Crippen molar-refractivity contribution in [2.24, 2.45) is 0 Å². The Balaban J connectivity index is 2.34. The van der Waals surface area contributed by atoms with Crippen molar-refractivity contribution in [3.05, 3.63) is 24.3 Å². The number of benzene rings is 1. The molecule has 18 heavy (non-hydrogen) atoms. The molecule has 100 valence electrons. The lowest BCUT2D eigenvalue weighted by Gasteiger charge is -2.21. The van der Waals surface area contributed by atoms with Gasteiger partial charge in [-0.05, 0) is 24.3 Å². The average molecular weight is 286 g/mol. The molecule has 0 spiro atoms. The normalized spacial score (nSPS) is 18.3. The predicted octanol–water partition coefficient (Wildman–Crippen LogP) is 1.86. The Hall–Kier alpha value is -0.720. The second kappa shape index (κ2) is 5.95. The van der Waals surface area contributed by atoms with E-state index in [0.29, 0.717) is 23.7 Å². The Kier molecular flexibility index (Phi) is 4.53. The summed E-state index contributed by atoms with van der Waals surface area (Å²) in [5, 5.41) is 2.95. The zero-order chi connectivity index (χ0) is 13.0. The lowest BCUT2D eigenvalue weighted by molar-refractivity contribution is 0.435. The van der Waals surface area contributed by atoms with Gasteiger partial charge < -0.3 is 5.32 Å². The van der Waals surface area contributed by atoms with Gasteiger partial charge in [0.2, 0.25) is 10.0 Å². The number of rotatable bonds is 3. The molecular formula is C12H18N2O2S2. The fraction of sp³-hybridized carbons (Fsp3) is 0.500. The number of hydrogen-bond donors (Lipinski definition) is 1. The van der Waals surface area contributed by atoms with E-state index in [1.54, 1.807) is 29.6 Å². The van der Waals surface area contributed by atoms with E-state index in [1.807, 2.05) is 17.8 Å². The van der Waals surface area contributed by atoms with E-state index in [4.69, 9.17) is 0 Å². The average Bonchev–Trinajstić information content (AvgIpc) is 2.68. The van der Waals surface area contributed by atoms with Gasteiger partial charge in [-0.2, -0.15) is 16.1 Å². The Labute approximate surface area is 113 Å². The number of anilines is 1. The third-order valence-electron chi connectivity index (χ3n) is 2.96. The van der Waals surface area contributed by atoms with Crippen LogP contribution in [0.3, 0.4) is 0 Å². The smallest absolute Gasteiger partial charge is 0.245 e. The van der Waals surface area contributed by atoms with Gasteiger partial charge in [0.1, 0.15) is 4.90 Å². The molecule has 1 fully saturated rings. The van der Waals surface area contributed by atoms with Crippen LogP contribution in [0.2, 0.25) is 0 Å². The second-order valence-corrected chi connectivity index (χ2v) is 7.25. The predicted molar refractivity (Wildman–Crippen MR) is 76.7 cm³/mol. The number of sulfonamides is 1. The van der Waals surface area contributed by atoms with Crippen LogP contribution in [-0.4, -0.2) is 44.4 Å². The lowest BCUT2D eigenvalue weighted by Crippen LogP contribution is -2.33. The van der Waals surface area contributed by atoms with Crippen LogP contribution in [0.4, 0.5) is 5.69 Å². The first-order valence-electron chi connectivity index (χ1n) is 6.01. The highest BCUT2D eigenvalue weighted by atomic mass is 32.2. The summed E-state index contributed by atoms with van der Waals surface area (Å²) < 4.78 is 26.8. The fourth-order valence-electron chi connectivity index (χ4n) is 2.00. The topological polar surface area (TPSA) is 49.4 Å². The molecule has 1 saturated heterocycles. The van der Waals surface area contributed by atoms with Crippen molar-refractivity contribution in [1.29, 1.82) is 0 Å². The molecule has 6 heteroatoms. The van der Waals surface area contributed by atoms with E-state index in [0.717, 1.165) is 17.9 Å². The van der Waals surface area contributed by atoms with Crippen molar-refractivity contribution in [2.75, 3.05) is 37.0 Å². The SMILES string of the molecule is CNc1ccccc1S(=O)(=O)N1CCCSCC1. The molecule has 0 amide bonds. The van der Waals surface area contributed by atoms with Gasteiger partial charge in [-0.1, -0.05) is 12.1 Å². The molecule has 0 aromatic heterocycles. The molecule has 4 nitrogen and oxygen atoms in total. The van der Waals surface area contributed by atoms with Crippen LogP contribution in [0, 0.1) is 0 Å². The maximum Gasteiger partial charge on any atom is 0.245 e. The largest absolute Gasteiger partial charge is 0.387 e. The minimum atomic E-state index is -3.37. The van der Waals surface area contributed by atoms with E-state index in [1.165, 1.54) is 0 Å². The van der Waals surface area contributed by atoms with Crippen LogP contribution in [0.5, 0.6) is 0 Å². The van der Waals surface area contributed by atoms with Crippen LogP contribution < -0.4 is 5.32 Å².